The van der Waals surface area contributed by atoms with Gasteiger partial charge in [-0.05, 0) is 13.0 Å². The van der Waals surface area contributed by atoms with Crippen LogP contribution in [-0.4, -0.2) is 17.8 Å². The average Bonchev–Trinajstić information content (AvgIpc) is 1.90. The molecule has 0 radical (unpaired) electrons. The van der Waals surface area contributed by atoms with Crippen LogP contribution in [0.1, 0.15) is 6.92 Å². The largest absolute Gasteiger partial charge is 0.280 e. The topological polar surface area (TPSA) is 27.6 Å². The van der Waals surface area contributed by atoms with Gasteiger partial charge in [-0.1, -0.05) is 0 Å². The van der Waals surface area contributed by atoms with Crippen molar-refractivity contribution in [1.82, 2.24) is 10.5 Å². The highest BCUT2D eigenvalue weighted by atomic mass is 15.6. The first-order valence-electron chi connectivity index (χ1n) is 2.65. The Balaban J connectivity index is 2.40. The molecule has 0 atom stereocenters. The molecule has 1 rings (SSSR count). The van der Waals surface area contributed by atoms with Gasteiger partial charge in [0.05, 0.1) is 6.21 Å². The van der Waals surface area contributed by atoms with Crippen LogP contribution in [0.25, 0.3) is 0 Å². The van der Waals surface area contributed by atoms with Gasteiger partial charge in [0, 0.05) is 12.7 Å². The molecule has 0 unspecified atom stereocenters. The minimum atomic E-state index is 0.938. The molecule has 0 bridgehead atoms. The molecule has 3 heteroatoms. The van der Waals surface area contributed by atoms with E-state index in [0.29, 0.717) is 0 Å². The Labute approximate surface area is 48.6 Å². The van der Waals surface area contributed by atoms with E-state index in [1.165, 1.54) is 0 Å². The summed E-state index contributed by atoms with van der Waals surface area (Å²) in [5.74, 6) is 0. The van der Waals surface area contributed by atoms with Gasteiger partial charge in [0.25, 0.3) is 0 Å². The van der Waals surface area contributed by atoms with Gasteiger partial charge in [0.2, 0.25) is 0 Å². The van der Waals surface area contributed by atoms with Crippen molar-refractivity contribution >= 4 is 6.21 Å². The maximum atomic E-state index is 3.79. The lowest BCUT2D eigenvalue weighted by molar-refractivity contribution is 0.289. The van der Waals surface area contributed by atoms with Crippen LogP contribution in [0.2, 0.25) is 0 Å². The summed E-state index contributed by atoms with van der Waals surface area (Å²) in [7, 11) is 0. The fourth-order valence-corrected chi connectivity index (χ4v) is 0.502. The number of hydrazone groups is 1. The Morgan fingerprint density at radius 3 is 3.00 bits per heavy atom. The third-order valence-electron chi connectivity index (χ3n) is 0.953. The van der Waals surface area contributed by atoms with Crippen LogP contribution in [0.4, 0.5) is 0 Å². The maximum Gasteiger partial charge on any atom is 0.0503 e. The zero-order valence-corrected chi connectivity index (χ0v) is 4.83. The Kier molecular flexibility index (Phi) is 1.51. The predicted molar refractivity (Wildman–Crippen MR) is 33.1 cm³/mol. The van der Waals surface area contributed by atoms with E-state index in [4.69, 9.17) is 0 Å². The number of rotatable bonds is 1. The van der Waals surface area contributed by atoms with E-state index >= 15 is 0 Å². The minimum Gasteiger partial charge on any atom is -0.280 e. The van der Waals surface area contributed by atoms with Crippen LogP contribution >= 0.6 is 0 Å². The van der Waals surface area contributed by atoms with E-state index in [0.717, 1.165) is 6.54 Å². The standard InChI is InChI=1S/C5H9N3/c1-2-8-5-3-4-6-7-8/h3-5,7H,2H2,1H3. The van der Waals surface area contributed by atoms with Gasteiger partial charge in [-0.15, -0.1) is 0 Å². The van der Waals surface area contributed by atoms with E-state index in [-0.39, 0.29) is 0 Å². The van der Waals surface area contributed by atoms with Gasteiger partial charge in [-0.2, -0.15) is 5.10 Å². The highest BCUT2D eigenvalue weighted by molar-refractivity contribution is 5.70. The van der Waals surface area contributed by atoms with E-state index < -0.39 is 0 Å². The number of nitrogens with zero attached hydrogens (tertiary/aromatic N) is 2. The molecular formula is C5H9N3. The minimum absolute atomic E-state index is 0.938. The van der Waals surface area contributed by atoms with Crippen LogP contribution in [0, 0.1) is 0 Å². The van der Waals surface area contributed by atoms with E-state index in [2.05, 4.69) is 17.6 Å². The first-order valence-corrected chi connectivity index (χ1v) is 2.65. The molecule has 3 nitrogen and oxygen atoms in total. The van der Waals surface area contributed by atoms with Crippen molar-refractivity contribution in [2.45, 2.75) is 6.92 Å². The van der Waals surface area contributed by atoms with Gasteiger partial charge < -0.3 is 0 Å². The molecule has 0 amide bonds. The van der Waals surface area contributed by atoms with Crippen molar-refractivity contribution in [3.8, 4) is 0 Å². The monoisotopic (exact) mass is 111 g/mol. The summed E-state index contributed by atoms with van der Waals surface area (Å²) in [5.41, 5.74) is 2.78. The third-order valence-corrected chi connectivity index (χ3v) is 0.953. The van der Waals surface area contributed by atoms with E-state index in [1.54, 1.807) is 6.21 Å². The van der Waals surface area contributed by atoms with Crippen molar-refractivity contribution in [2.75, 3.05) is 6.54 Å². The molecule has 44 valence electrons. The second-order valence-corrected chi connectivity index (χ2v) is 1.51. The fraction of sp³-hybridized carbons (Fsp3) is 0.400. The molecule has 0 aromatic rings. The molecule has 0 aliphatic carbocycles. The summed E-state index contributed by atoms with van der Waals surface area (Å²) in [5, 5.41) is 5.68. The number of hydrazine groups is 1. The van der Waals surface area contributed by atoms with E-state index in [1.807, 2.05) is 17.3 Å². The molecular weight excluding hydrogens is 102 g/mol. The van der Waals surface area contributed by atoms with Crippen molar-refractivity contribution in [1.29, 1.82) is 0 Å². The van der Waals surface area contributed by atoms with Crippen LogP contribution in [0.15, 0.2) is 17.4 Å². The molecule has 1 aliphatic heterocycles. The highest BCUT2D eigenvalue weighted by Gasteiger charge is 1.90. The quantitative estimate of drug-likeness (QED) is 0.528. The average molecular weight is 111 g/mol. The van der Waals surface area contributed by atoms with Crippen LogP contribution in [-0.2, 0) is 0 Å². The zero-order chi connectivity index (χ0) is 5.82. The number of nitrogens with one attached hydrogen (secondary N) is 1. The Morgan fingerprint density at radius 2 is 2.62 bits per heavy atom. The van der Waals surface area contributed by atoms with Crippen molar-refractivity contribution in [3.63, 3.8) is 0 Å². The molecule has 0 saturated carbocycles. The SMILES string of the molecule is CCN1C=CC=NN1. The second-order valence-electron chi connectivity index (χ2n) is 1.51. The van der Waals surface area contributed by atoms with Crippen LogP contribution in [0.5, 0.6) is 0 Å². The molecule has 0 aromatic heterocycles. The predicted octanol–water partition coefficient (Wildman–Crippen LogP) is 0.326. The maximum absolute atomic E-state index is 3.79. The van der Waals surface area contributed by atoms with Gasteiger partial charge >= 0.3 is 0 Å². The first kappa shape index (κ1) is 5.15. The lowest BCUT2D eigenvalue weighted by atomic mass is 10.6. The molecule has 8 heavy (non-hydrogen) atoms. The summed E-state index contributed by atoms with van der Waals surface area (Å²) < 4.78 is 0. The first-order chi connectivity index (χ1) is 3.93. The van der Waals surface area contributed by atoms with E-state index in [9.17, 15) is 0 Å². The fourth-order valence-electron chi connectivity index (χ4n) is 0.502. The smallest absolute Gasteiger partial charge is 0.0503 e. The van der Waals surface area contributed by atoms with Gasteiger partial charge in [-0.25, -0.2) is 5.53 Å². The second kappa shape index (κ2) is 2.35. The Bertz CT molecular complexity index is 117. The summed E-state index contributed by atoms with van der Waals surface area (Å²) >= 11 is 0. The van der Waals surface area contributed by atoms with Crippen molar-refractivity contribution < 1.29 is 0 Å². The van der Waals surface area contributed by atoms with Gasteiger partial charge in [-0.3, -0.25) is 5.01 Å². The van der Waals surface area contributed by atoms with Gasteiger partial charge in [0.1, 0.15) is 0 Å². The molecule has 0 saturated heterocycles. The van der Waals surface area contributed by atoms with Crippen LogP contribution < -0.4 is 5.53 Å². The Morgan fingerprint density at radius 1 is 1.75 bits per heavy atom. The summed E-state index contributed by atoms with van der Waals surface area (Å²) in [4.78, 5) is 0. The van der Waals surface area contributed by atoms with Crippen molar-refractivity contribution in [3.05, 3.63) is 12.3 Å². The summed E-state index contributed by atoms with van der Waals surface area (Å²) in [6, 6.07) is 0. The molecule has 1 aliphatic rings. The molecule has 0 spiro atoms. The van der Waals surface area contributed by atoms with Crippen molar-refractivity contribution in [2.24, 2.45) is 5.10 Å². The lowest BCUT2D eigenvalue weighted by Gasteiger charge is -2.17. The van der Waals surface area contributed by atoms with Crippen LogP contribution in [0.3, 0.4) is 0 Å². The normalized spacial score (nSPS) is 16.4. The molecule has 0 aromatic carbocycles. The highest BCUT2D eigenvalue weighted by Crippen LogP contribution is 1.85. The zero-order valence-electron chi connectivity index (χ0n) is 4.83. The number of allylic oxidation sites excluding steroid dienone is 1. The summed E-state index contributed by atoms with van der Waals surface area (Å²) in [6.45, 7) is 2.99. The Hall–Kier alpha value is -0.990. The third kappa shape index (κ3) is 0.992. The molecule has 0 fully saturated rings. The number of hydrogen-bond donors (Lipinski definition) is 1. The summed E-state index contributed by atoms with van der Waals surface area (Å²) in [6.07, 6.45) is 5.54. The number of hydrogen-bond acceptors (Lipinski definition) is 3. The lowest BCUT2D eigenvalue weighted by Crippen LogP contribution is -2.30. The molecule has 1 heterocycles. The van der Waals surface area contributed by atoms with Gasteiger partial charge in [0.15, 0.2) is 0 Å². The molecule has 1 N–H and O–H groups in total.